The molecule has 1 unspecified atom stereocenters. The Bertz CT molecular complexity index is 440. The summed E-state index contributed by atoms with van der Waals surface area (Å²) in [7, 11) is 0. The number of carbonyl (C=O) groups excluding carboxylic acids is 2. The van der Waals surface area contributed by atoms with Crippen molar-refractivity contribution in [1.29, 1.82) is 0 Å². The monoisotopic (exact) mass is 314 g/mol. The van der Waals surface area contributed by atoms with Crippen molar-refractivity contribution in [2.75, 3.05) is 0 Å². The van der Waals surface area contributed by atoms with Gasteiger partial charge in [-0.15, -0.1) is 0 Å². The summed E-state index contributed by atoms with van der Waals surface area (Å²) in [6.07, 6.45) is 1.41. The molecule has 0 spiro atoms. The third-order valence-electron chi connectivity index (χ3n) is 3.59. The largest absolute Gasteiger partial charge is 0.481 e. The zero-order valence-corrected chi connectivity index (χ0v) is 13.6. The minimum absolute atomic E-state index is 0.166. The number of nitrogens with one attached hydrogen (secondary N) is 1. The number of hydrogen-bond acceptors (Lipinski definition) is 5. The molecular formula is C15H26N2O5. The van der Waals surface area contributed by atoms with E-state index >= 15 is 0 Å². The van der Waals surface area contributed by atoms with Crippen molar-refractivity contribution in [2.45, 2.75) is 65.1 Å². The molecular weight excluding hydrogens is 288 g/mol. The van der Waals surface area contributed by atoms with Crippen LogP contribution in [0.5, 0.6) is 0 Å². The Hall–Kier alpha value is -1.63. The van der Waals surface area contributed by atoms with E-state index in [1.165, 1.54) is 6.92 Å². The molecule has 1 aliphatic carbocycles. The van der Waals surface area contributed by atoms with Crippen LogP contribution in [0.25, 0.3) is 0 Å². The summed E-state index contributed by atoms with van der Waals surface area (Å²) < 4.78 is 5.55. The Labute approximate surface area is 130 Å². The summed E-state index contributed by atoms with van der Waals surface area (Å²) in [5.74, 6) is -1.99. The van der Waals surface area contributed by atoms with Gasteiger partial charge >= 0.3 is 11.9 Å². The molecule has 0 saturated heterocycles. The fourth-order valence-electron chi connectivity index (χ4n) is 2.27. The summed E-state index contributed by atoms with van der Waals surface area (Å²) in [5.41, 5.74) is 5.28. The van der Waals surface area contributed by atoms with E-state index in [1.807, 2.05) is 20.8 Å². The van der Waals surface area contributed by atoms with E-state index in [0.717, 1.165) is 12.8 Å². The molecule has 126 valence electrons. The first-order valence-corrected chi connectivity index (χ1v) is 7.50. The predicted octanol–water partition coefficient (Wildman–Crippen LogP) is 0.661. The van der Waals surface area contributed by atoms with Gasteiger partial charge in [-0.25, -0.2) is 4.79 Å². The standard InChI is InChI=1S/C15H26N2O5/c1-8(17-13(20)10(16)7-11(18)19)14(21)22-12(9-5-6-9)15(2,3)4/h8-10,12H,5-7,16H2,1-4H3,(H,17,20)(H,18,19)/t8-,10+,12?/m1/s1. The summed E-state index contributed by atoms with van der Waals surface area (Å²) in [5, 5.41) is 11.0. The molecule has 0 aromatic rings. The number of carboxylic acid groups (broad SMARTS) is 1. The van der Waals surface area contributed by atoms with Gasteiger partial charge < -0.3 is 20.9 Å². The Morgan fingerprint density at radius 3 is 2.27 bits per heavy atom. The topological polar surface area (TPSA) is 119 Å². The van der Waals surface area contributed by atoms with E-state index < -0.39 is 36.4 Å². The van der Waals surface area contributed by atoms with Gasteiger partial charge in [0.2, 0.25) is 5.91 Å². The molecule has 7 heteroatoms. The number of aliphatic carboxylic acids is 1. The Kier molecular flexibility index (Phi) is 5.93. The fourth-order valence-corrected chi connectivity index (χ4v) is 2.27. The molecule has 0 radical (unpaired) electrons. The first-order valence-electron chi connectivity index (χ1n) is 7.50. The van der Waals surface area contributed by atoms with Crippen LogP contribution in [0.3, 0.4) is 0 Å². The second-order valence-corrected chi connectivity index (χ2v) is 7.00. The van der Waals surface area contributed by atoms with E-state index in [1.54, 1.807) is 0 Å². The molecule has 0 heterocycles. The van der Waals surface area contributed by atoms with Gasteiger partial charge in [-0.2, -0.15) is 0 Å². The van der Waals surface area contributed by atoms with Crippen molar-refractivity contribution in [3.63, 3.8) is 0 Å². The summed E-state index contributed by atoms with van der Waals surface area (Å²) >= 11 is 0. The zero-order chi connectivity index (χ0) is 17.1. The van der Waals surface area contributed by atoms with Crippen molar-refractivity contribution in [1.82, 2.24) is 5.32 Å². The zero-order valence-electron chi connectivity index (χ0n) is 13.6. The number of ether oxygens (including phenoxy) is 1. The van der Waals surface area contributed by atoms with Gasteiger partial charge in [0.05, 0.1) is 12.5 Å². The third kappa shape index (κ3) is 5.63. The van der Waals surface area contributed by atoms with Crippen LogP contribution in [0.15, 0.2) is 0 Å². The molecule has 0 bridgehead atoms. The average molecular weight is 314 g/mol. The maximum atomic E-state index is 12.1. The highest BCUT2D eigenvalue weighted by atomic mass is 16.5. The lowest BCUT2D eigenvalue weighted by Gasteiger charge is -2.31. The fraction of sp³-hybridized carbons (Fsp3) is 0.800. The van der Waals surface area contributed by atoms with Gasteiger partial charge in [-0.1, -0.05) is 20.8 Å². The maximum Gasteiger partial charge on any atom is 0.328 e. The van der Waals surface area contributed by atoms with Crippen LogP contribution in [0.2, 0.25) is 0 Å². The number of hydrogen-bond donors (Lipinski definition) is 3. The van der Waals surface area contributed by atoms with E-state index in [9.17, 15) is 14.4 Å². The van der Waals surface area contributed by atoms with E-state index in [4.69, 9.17) is 15.6 Å². The molecule has 1 fully saturated rings. The minimum Gasteiger partial charge on any atom is -0.481 e. The first-order chi connectivity index (χ1) is 10.0. The second-order valence-electron chi connectivity index (χ2n) is 7.00. The lowest BCUT2D eigenvalue weighted by Crippen LogP contribution is -2.49. The molecule has 0 aromatic heterocycles. The van der Waals surface area contributed by atoms with E-state index in [-0.39, 0.29) is 11.5 Å². The van der Waals surface area contributed by atoms with Crippen molar-refractivity contribution in [3.8, 4) is 0 Å². The Morgan fingerprint density at radius 1 is 1.32 bits per heavy atom. The third-order valence-corrected chi connectivity index (χ3v) is 3.59. The predicted molar refractivity (Wildman–Crippen MR) is 79.9 cm³/mol. The molecule has 1 aliphatic rings. The SMILES string of the molecule is C[C@@H](NC(=O)[C@@H](N)CC(=O)O)C(=O)OC(C1CC1)C(C)(C)C. The quantitative estimate of drug-likeness (QED) is 0.594. The highest BCUT2D eigenvalue weighted by Gasteiger charge is 2.42. The number of esters is 1. The van der Waals surface area contributed by atoms with Crippen molar-refractivity contribution in [2.24, 2.45) is 17.1 Å². The van der Waals surface area contributed by atoms with Gasteiger partial charge in [-0.05, 0) is 31.1 Å². The van der Waals surface area contributed by atoms with Crippen molar-refractivity contribution in [3.05, 3.63) is 0 Å². The maximum absolute atomic E-state index is 12.1. The second kappa shape index (κ2) is 7.09. The number of carbonyl (C=O) groups is 3. The van der Waals surface area contributed by atoms with Gasteiger partial charge in [-0.3, -0.25) is 9.59 Å². The van der Waals surface area contributed by atoms with E-state index in [0.29, 0.717) is 5.92 Å². The smallest absolute Gasteiger partial charge is 0.328 e. The molecule has 22 heavy (non-hydrogen) atoms. The number of amides is 1. The molecule has 7 nitrogen and oxygen atoms in total. The molecule has 1 saturated carbocycles. The lowest BCUT2D eigenvalue weighted by molar-refractivity contribution is -0.159. The van der Waals surface area contributed by atoms with Gasteiger partial charge in [0.1, 0.15) is 12.1 Å². The van der Waals surface area contributed by atoms with Crippen LogP contribution < -0.4 is 11.1 Å². The molecule has 3 atom stereocenters. The molecule has 1 rings (SSSR count). The highest BCUT2D eigenvalue weighted by molar-refractivity contribution is 5.89. The molecule has 4 N–H and O–H groups in total. The summed E-state index contributed by atoms with van der Waals surface area (Å²) in [4.78, 5) is 34.4. The van der Waals surface area contributed by atoms with Crippen LogP contribution in [0, 0.1) is 11.3 Å². The molecule has 0 aromatic carbocycles. The number of nitrogens with two attached hydrogens (primary N) is 1. The van der Waals surface area contributed by atoms with Crippen LogP contribution in [0.1, 0.15) is 47.0 Å². The van der Waals surface area contributed by atoms with Gasteiger partial charge in [0.25, 0.3) is 0 Å². The number of rotatable bonds is 7. The van der Waals surface area contributed by atoms with Gasteiger partial charge in [0.15, 0.2) is 0 Å². The van der Waals surface area contributed by atoms with Crippen molar-refractivity contribution >= 4 is 17.8 Å². The van der Waals surface area contributed by atoms with Crippen LogP contribution in [-0.4, -0.2) is 41.1 Å². The Morgan fingerprint density at radius 2 is 1.86 bits per heavy atom. The lowest BCUT2D eigenvalue weighted by atomic mass is 9.86. The minimum atomic E-state index is -1.19. The normalized spacial score (nSPS) is 19.0. The van der Waals surface area contributed by atoms with E-state index in [2.05, 4.69) is 5.32 Å². The highest BCUT2D eigenvalue weighted by Crippen LogP contribution is 2.42. The number of carboxylic acids is 1. The van der Waals surface area contributed by atoms with Crippen LogP contribution in [-0.2, 0) is 19.1 Å². The summed E-state index contributed by atoms with van der Waals surface area (Å²) in [6.45, 7) is 7.53. The van der Waals surface area contributed by atoms with Crippen molar-refractivity contribution < 1.29 is 24.2 Å². The average Bonchev–Trinajstić information content (AvgIpc) is 3.17. The molecule has 1 amide bonds. The van der Waals surface area contributed by atoms with Gasteiger partial charge in [0, 0.05) is 0 Å². The first kappa shape index (κ1) is 18.4. The molecule has 0 aliphatic heterocycles. The van der Waals surface area contributed by atoms with Crippen LogP contribution >= 0.6 is 0 Å². The summed E-state index contributed by atoms with van der Waals surface area (Å²) in [6, 6.07) is -2.05. The van der Waals surface area contributed by atoms with Crippen LogP contribution in [0.4, 0.5) is 0 Å². The Balaban J connectivity index is 2.54.